The van der Waals surface area contributed by atoms with Gasteiger partial charge in [-0.25, -0.2) is 8.78 Å². The molecule has 0 saturated heterocycles. The van der Waals surface area contributed by atoms with Crippen molar-refractivity contribution in [3.05, 3.63) is 71.3 Å². The van der Waals surface area contributed by atoms with E-state index in [9.17, 15) is 13.6 Å². The van der Waals surface area contributed by atoms with Crippen LogP contribution in [-0.2, 0) is 0 Å². The third-order valence-corrected chi connectivity index (χ3v) is 5.31. The predicted octanol–water partition coefficient (Wildman–Crippen LogP) is 4.51. The van der Waals surface area contributed by atoms with Gasteiger partial charge in [0.05, 0.1) is 0 Å². The van der Waals surface area contributed by atoms with Crippen molar-refractivity contribution in [2.45, 2.75) is 31.3 Å². The standard InChI is InChI=1S/C20H16F2N2OS/c21-15-8-6-13(7-9-15)17-19(26)24(20(23-17)10-1-2-11-20)18(25)14-4-3-5-16(22)12-14/h3-9,12H,1-2,10-11H2. The quantitative estimate of drug-likeness (QED) is 0.729. The summed E-state index contributed by atoms with van der Waals surface area (Å²) >= 11 is 5.58. The van der Waals surface area contributed by atoms with Gasteiger partial charge in [0.2, 0.25) is 0 Å². The van der Waals surface area contributed by atoms with E-state index in [0.29, 0.717) is 29.1 Å². The van der Waals surface area contributed by atoms with E-state index in [0.717, 1.165) is 12.8 Å². The Kier molecular flexibility index (Phi) is 4.15. The fourth-order valence-electron chi connectivity index (χ4n) is 3.71. The summed E-state index contributed by atoms with van der Waals surface area (Å²) in [6, 6.07) is 11.5. The van der Waals surface area contributed by atoms with Gasteiger partial charge < -0.3 is 0 Å². The molecule has 0 aromatic heterocycles. The van der Waals surface area contributed by atoms with E-state index in [-0.39, 0.29) is 17.3 Å². The maximum Gasteiger partial charge on any atom is 0.261 e. The van der Waals surface area contributed by atoms with Crippen molar-refractivity contribution in [3.8, 4) is 0 Å². The second kappa shape index (κ2) is 6.36. The topological polar surface area (TPSA) is 32.7 Å². The van der Waals surface area contributed by atoms with Crippen molar-refractivity contribution in [2.75, 3.05) is 0 Å². The lowest BCUT2D eigenvalue weighted by molar-refractivity contribution is 0.0724. The molecule has 2 aromatic rings. The highest BCUT2D eigenvalue weighted by Gasteiger charge is 2.50. The lowest BCUT2D eigenvalue weighted by Gasteiger charge is -2.32. The second-order valence-corrected chi connectivity index (χ2v) is 7.00. The summed E-state index contributed by atoms with van der Waals surface area (Å²) in [5.41, 5.74) is 0.725. The number of hydrogen-bond donors (Lipinski definition) is 0. The minimum Gasteiger partial charge on any atom is -0.271 e. The van der Waals surface area contributed by atoms with Crippen molar-refractivity contribution < 1.29 is 13.6 Å². The van der Waals surface area contributed by atoms with Gasteiger partial charge in [0.15, 0.2) is 0 Å². The van der Waals surface area contributed by atoms with Crippen LogP contribution in [0.5, 0.6) is 0 Å². The number of rotatable bonds is 2. The number of halogens is 2. The number of benzene rings is 2. The summed E-state index contributed by atoms with van der Waals surface area (Å²) in [4.78, 5) is 19.8. The molecule has 0 unspecified atom stereocenters. The zero-order valence-corrected chi connectivity index (χ0v) is 14.7. The Morgan fingerprint density at radius 2 is 1.73 bits per heavy atom. The van der Waals surface area contributed by atoms with Crippen LogP contribution in [0.1, 0.15) is 41.6 Å². The SMILES string of the molecule is O=C(c1cccc(F)c1)N1C(=S)C(c2ccc(F)cc2)=NC12CCCC2. The van der Waals surface area contributed by atoms with Gasteiger partial charge in [-0.1, -0.05) is 18.3 Å². The summed E-state index contributed by atoms with van der Waals surface area (Å²) in [6.07, 6.45) is 3.29. The molecule has 0 radical (unpaired) electrons. The molecule has 0 N–H and O–H groups in total. The molecule has 2 aromatic carbocycles. The van der Waals surface area contributed by atoms with Gasteiger partial charge in [-0.2, -0.15) is 0 Å². The lowest BCUT2D eigenvalue weighted by atomic mass is 10.1. The van der Waals surface area contributed by atoms with Crippen LogP contribution in [0.4, 0.5) is 8.78 Å². The van der Waals surface area contributed by atoms with E-state index in [1.165, 1.54) is 35.2 Å². The molecule has 2 aliphatic rings. The van der Waals surface area contributed by atoms with Crippen LogP contribution in [-0.4, -0.2) is 27.2 Å². The van der Waals surface area contributed by atoms with Gasteiger partial charge in [0.1, 0.15) is 28.0 Å². The maximum atomic E-state index is 13.6. The number of hydrogen-bond acceptors (Lipinski definition) is 3. The highest BCUT2D eigenvalue weighted by Crippen LogP contribution is 2.42. The molecule has 1 aliphatic carbocycles. The molecule has 3 nitrogen and oxygen atoms in total. The van der Waals surface area contributed by atoms with Gasteiger partial charge in [-0.15, -0.1) is 0 Å². The summed E-state index contributed by atoms with van der Waals surface area (Å²) < 4.78 is 26.8. The molecule has 1 amide bonds. The Hall–Kier alpha value is -2.47. The predicted molar refractivity (Wildman–Crippen MR) is 99.3 cm³/mol. The molecular formula is C20H16F2N2OS. The average Bonchev–Trinajstić information content (AvgIpc) is 3.20. The first-order chi connectivity index (χ1) is 12.5. The number of carbonyl (C=O) groups excluding carboxylic acids is 1. The highest BCUT2D eigenvalue weighted by atomic mass is 32.1. The molecule has 6 heteroatoms. The van der Waals surface area contributed by atoms with Crippen LogP contribution in [0.2, 0.25) is 0 Å². The van der Waals surface area contributed by atoms with Crippen LogP contribution in [0.3, 0.4) is 0 Å². The smallest absolute Gasteiger partial charge is 0.261 e. The maximum absolute atomic E-state index is 13.6. The Morgan fingerprint density at radius 1 is 1.04 bits per heavy atom. The average molecular weight is 370 g/mol. The van der Waals surface area contributed by atoms with E-state index in [2.05, 4.69) is 0 Å². The fourth-order valence-corrected chi connectivity index (χ4v) is 4.12. The molecule has 132 valence electrons. The number of aliphatic imine (C=N–C) groups is 1. The Balaban J connectivity index is 1.76. The second-order valence-electron chi connectivity index (χ2n) is 6.61. The molecule has 0 bridgehead atoms. The first kappa shape index (κ1) is 17.0. The van der Waals surface area contributed by atoms with E-state index in [1.807, 2.05) is 0 Å². The minimum atomic E-state index is -0.718. The van der Waals surface area contributed by atoms with Crippen LogP contribution in [0.25, 0.3) is 0 Å². The number of thiocarbonyl (C=S) groups is 1. The molecule has 0 atom stereocenters. The zero-order chi connectivity index (χ0) is 18.3. The van der Waals surface area contributed by atoms with Crippen molar-refractivity contribution in [1.82, 2.24) is 4.90 Å². The van der Waals surface area contributed by atoms with Crippen LogP contribution >= 0.6 is 12.2 Å². The summed E-state index contributed by atoms with van der Waals surface area (Å²) in [6.45, 7) is 0. The minimum absolute atomic E-state index is 0.245. The molecule has 1 aliphatic heterocycles. The van der Waals surface area contributed by atoms with Crippen LogP contribution in [0, 0.1) is 11.6 Å². The summed E-state index contributed by atoms with van der Waals surface area (Å²) in [5.74, 6) is -1.17. The molecule has 26 heavy (non-hydrogen) atoms. The molecule has 4 rings (SSSR count). The van der Waals surface area contributed by atoms with Gasteiger partial charge in [-0.05, 0) is 68.1 Å². The first-order valence-electron chi connectivity index (χ1n) is 8.50. The zero-order valence-electron chi connectivity index (χ0n) is 13.9. The first-order valence-corrected chi connectivity index (χ1v) is 8.91. The third-order valence-electron chi connectivity index (χ3n) is 4.94. The van der Waals surface area contributed by atoms with Crippen molar-refractivity contribution in [1.29, 1.82) is 0 Å². The number of carbonyl (C=O) groups is 1. The van der Waals surface area contributed by atoms with Crippen molar-refractivity contribution in [3.63, 3.8) is 0 Å². The summed E-state index contributed by atoms with van der Waals surface area (Å²) in [5, 5.41) is 0. The van der Waals surface area contributed by atoms with E-state index >= 15 is 0 Å². The van der Waals surface area contributed by atoms with Gasteiger partial charge in [0.25, 0.3) is 5.91 Å². The van der Waals surface area contributed by atoms with Crippen LogP contribution in [0.15, 0.2) is 53.5 Å². The van der Waals surface area contributed by atoms with E-state index in [4.69, 9.17) is 17.2 Å². The third kappa shape index (κ3) is 2.74. The van der Waals surface area contributed by atoms with Crippen LogP contribution < -0.4 is 0 Å². The number of nitrogens with zero attached hydrogens (tertiary/aromatic N) is 2. The number of amides is 1. The largest absolute Gasteiger partial charge is 0.271 e. The van der Waals surface area contributed by atoms with Crippen molar-refractivity contribution >= 4 is 28.8 Å². The Labute approximate surface area is 155 Å². The van der Waals surface area contributed by atoms with E-state index < -0.39 is 11.5 Å². The summed E-state index contributed by atoms with van der Waals surface area (Å²) in [7, 11) is 0. The Morgan fingerprint density at radius 3 is 2.38 bits per heavy atom. The lowest BCUT2D eigenvalue weighted by Crippen LogP contribution is -2.48. The fraction of sp³-hybridized carbons (Fsp3) is 0.250. The normalized spacial score (nSPS) is 18.5. The molecule has 1 heterocycles. The molecule has 1 spiro atoms. The molecular weight excluding hydrogens is 354 g/mol. The van der Waals surface area contributed by atoms with E-state index in [1.54, 1.807) is 18.2 Å². The monoisotopic (exact) mass is 370 g/mol. The molecule has 1 fully saturated rings. The van der Waals surface area contributed by atoms with Crippen molar-refractivity contribution in [2.24, 2.45) is 4.99 Å². The van der Waals surface area contributed by atoms with Gasteiger partial charge in [0, 0.05) is 11.1 Å². The molecule has 1 saturated carbocycles. The van der Waals surface area contributed by atoms with Gasteiger partial charge in [-0.3, -0.25) is 14.7 Å². The highest BCUT2D eigenvalue weighted by molar-refractivity contribution is 7.82. The van der Waals surface area contributed by atoms with Gasteiger partial charge >= 0.3 is 0 Å². The Bertz CT molecular complexity index is 918.